The van der Waals surface area contributed by atoms with Crippen LogP contribution in [0.4, 0.5) is 0 Å². The van der Waals surface area contributed by atoms with E-state index < -0.39 is 0 Å². The molecule has 5 nitrogen and oxygen atoms in total. The summed E-state index contributed by atoms with van der Waals surface area (Å²) < 4.78 is 11.1. The van der Waals surface area contributed by atoms with Crippen molar-refractivity contribution >= 4 is 17.2 Å². The fraction of sp³-hybridized carbons (Fsp3) is 0.238. The third-order valence-electron chi connectivity index (χ3n) is 4.12. The minimum atomic E-state index is -0.169. The standard InChI is InChI=1S/C21H22N2O3S/c1-14(19-6-4-5-7-20(19)25-3)22-21(24)16-8-10-18(11-9-16)26-12-17-13-27-15(2)23-17/h4-11,13-14H,12H2,1-3H3,(H,22,24). The van der Waals surface area contributed by atoms with Crippen LogP contribution in [0.25, 0.3) is 0 Å². The molecule has 0 bridgehead atoms. The Kier molecular flexibility index (Phi) is 6.08. The van der Waals surface area contributed by atoms with Crippen molar-refractivity contribution in [2.75, 3.05) is 7.11 Å². The second-order valence-corrected chi connectivity index (χ2v) is 7.17. The third-order valence-corrected chi connectivity index (χ3v) is 4.95. The van der Waals surface area contributed by atoms with E-state index in [1.54, 1.807) is 42.7 Å². The second kappa shape index (κ2) is 8.68. The Morgan fingerprint density at radius 3 is 2.59 bits per heavy atom. The number of carbonyl (C=O) groups is 1. The van der Waals surface area contributed by atoms with E-state index in [0.29, 0.717) is 17.9 Å². The molecule has 0 fully saturated rings. The highest BCUT2D eigenvalue weighted by Gasteiger charge is 2.14. The van der Waals surface area contributed by atoms with Gasteiger partial charge in [0.2, 0.25) is 0 Å². The quantitative estimate of drug-likeness (QED) is 0.652. The molecule has 0 aliphatic heterocycles. The first-order valence-corrected chi connectivity index (χ1v) is 9.52. The predicted molar refractivity (Wildman–Crippen MR) is 107 cm³/mol. The van der Waals surface area contributed by atoms with Gasteiger partial charge in [0.05, 0.1) is 23.9 Å². The molecule has 1 N–H and O–H groups in total. The maximum Gasteiger partial charge on any atom is 0.251 e. The normalized spacial score (nSPS) is 11.7. The number of methoxy groups -OCH3 is 1. The van der Waals surface area contributed by atoms with E-state index >= 15 is 0 Å². The van der Waals surface area contributed by atoms with Gasteiger partial charge in [-0.2, -0.15) is 0 Å². The van der Waals surface area contributed by atoms with Crippen LogP contribution in [0.2, 0.25) is 0 Å². The summed E-state index contributed by atoms with van der Waals surface area (Å²) in [6.45, 7) is 4.32. The molecular formula is C21H22N2O3S. The zero-order valence-corrected chi connectivity index (χ0v) is 16.4. The van der Waals surface area contributed by atoms with Crippen LogP contribution < -0.4 is 14.8 Å². The molecule has 3 aromatic rings. The van der Waals surface area contributed by atoms with Crippen molar-refractivity contribution in [3.05, 3.63) is 75.7 Å². The SMILES string of the molecule is COc1ccccc1C(C)NC(=O)c1ccc(OCc2csc(C)n2)cc1. The zero-order valence-electron chi connectivity index (χ0n) is 15.6. The lowest BCUT2D eigenvalue weighted by Crippen LogP contribution is -2.26. The fourth-order valence-electron chi connectivity index (χ4n) is 2.72. The number of nitrogens with zero attached hydrogens (tertiary/aromatic N) is 1. The summed E-state index contributed by atoms with van der Waals surface area (Å²) in [6.07, 6.45) is 0. The third kappa shape index (κ3) is 4.86. The smallest absolute Gasteiger partial charge is 0.251 e. The van der Waals surface area contributed by atoms with Crippen LogP contribution in [-0.2, 0) is 6.61 Å². The maximum absolute atomic E-state index is 12.5. The molecule has 140 valence electrons. The van der Waals surface area contributed by atoms with Crippen LogP contribution in [0, 0.1) is 6.92 Å². The summed E-state index contributed by atoms with van der Waals surface area (Å²) in [5.41, 5.74) is 2.42. The number of hydrogen-bond acceptors (Lipinski definition) is 5. The van der Waals surface area contributed by atoms with Crippen molar-refractivity contribution in [3.8, 4) is 11.5 Å². The molecule has 1 amide bonds. The van der Waals surface area contributed by atoms with E-state index in [9.17, 15) is 4.79 Å². The van der Waals surface area contributed by atoms with Gasteiger partial charge in [-0.1, -0.05) is 18.2 Å². The van der Waals surface area contributed by atoms with Crippen molar-refractivity contribution in [1.82, 2.24) is 10.3 Å². The fourth-order valence-corrected chi connectivity index (χ4v) is 3.31. The Bertz CT molecular complexity index is 906. The van der Waals surface area contributed by atoms with Crippen LogP contribution >= 0.6 is 11.3 Å². The molecule has 1 atom stereocenters. The predicted octanol–water partition coefficient (Wildman–Crippen LogP) is 4.53. The highest BCUT2D eigenvalue weighted by atomic mass is 32.1. The number of carbonyl (C=O) groups excluding carboxylic acids is 1. The summed E-state index contributed by atoms with van der Waals surface area (Å²) in [6, 6.07) is 14.6. The number of amides is 1. The Morgan fingerprint density at radius 1 is 1.19 bits per heavy atom. The molecular weight excluding hydrogens is 360 g/mol. The average Bonchev–Trinajstić information content (AvgIpc) is 3.11. The Labute approximate surface area is 163 Å². The van der Waals surface area contributed by atoms with Gasteiger partial charge >= 0.3 is 0 Å². The number of aryl methyl sites for hydroxylation is 1. The molecule has 2 aromatic carbocycles. The van der Waals surface area contributed by atoms with Crippen LogP contribution in [0.3, 0.4) is 0 Å². The van der Waals surface area contributed by atoms with Gasteiger partial charge in [0, 0.05) is 16.5 Å². The second-order valence-electron chi connectivity index (χ2n) is 6.11. The molecule has 0 spiro atoms. The Balaban J connectivity index is 1.60. The largest absolute Gasteiger partial charge is 0.496 e. The van der Waals surface area contributed by atoms with Crippen LogP contribution in [0.15, 0.2) is 53.9 Å². The lowest BCUT2D eigenvalue weighted by atomic mass is 10.1. The monoisotopic (exact) mass is 382 g/mol. The average molecular weight is 382 g/mol. The highest BCUT2D eigenvalue weighted by Crippen LogP contribution is 2.24. The van der Waals surface area contributed by atoms with Crippen molar-refractivity contribution in [1.29, 1.82) is 0 Å². The Morgan fingerprint density at radius 2 is 1.93 bits per heavy atom. The summed E-state index contributed by atoms with van der Waals surface area (Å²) in [4.78, 5) is 16.9. The molecule has 0 saturated heterocycles. The van der Waals surface area contributed by atoms with Crippen molar-refractivity contribution < 1.29 is 14.3 Å². The summed E-state index contributed by atoms with van der Waals surface area (Å²) in [5.74, 6) is 1.32. The van der Waals surface area contributed by atoms with E-state index in [2.05, 4.69) is 10.3 Å². The van der Waals surface area contributed by atoms with Crippen molar-refractivity contribution in [3.63, 3.8) is 0 Å². The van der Waals surface area contributed by atoms with Crippen LogP contribution in [-0.4, -0.2) is 18.0 Å². The number of aromatic nitrogens is 1. The maximum atomic E-state index is 12.5. The molecule has 1 aromatic heterocycles. The molecule has 3 rings (SSSR count). The van der Waals surface area contributed by atoms with E-state index in [1.807, 2.05) is 43.5 Å². The van der Waals surface area contributed by atoms with Gasteiger partial charge in [0.15, 0.2) is 0 Å². The van der Waals surface area contributed by atoms with Gasteiger partial charge in [-0.05, 0) is 44.2 Å². The summed E-state index contributed by atoms with van der Waals surface area (Å²) in [7, 11) is 1.62. The van der Waals surface area contributed by atoms with Gasteiger partial charge in [0.25, 0.3) is 5.91 Å². The number of nitrogens with one attached hydrogen (secondary N) is 1. The molecule has 1 unspecified atom stereocenters. The van der Waals surface area contributed by atoms with E-state index in [1.165, 1.54) is 0 Å². The van der Waals surface area contributed by atoms with Gasteiger partial charge in [0.1, 0.15) is 18.1 Å². The van der Waals surface area contributed by atoms with Gasteiger partial charge in [-0.3, -0.25) is 4.79 Å². The number of rotatable bonds is 7. The van der Waals surface area contributed by atoms with Gasteiger partial charge in [-0.25, -0.2) is 4.98 Å². The van der Waals surface area contributed by atoms with E-state index in [-0.39, 0.29) is 11.9 Å². The van der Waals surface area contributed by atoms with Crippen LogP contribution in [0.1, 0.15) is 39.6 Å². The first-order chi connectivity index (χ1) is 13.1. The molecule has 0 aliphatic rings. The first-order valence-electron chi connectivity index (χ1n) is 8.64. The Hall–Kier alpha value is -2.86. The molecule has 0 saturated carbocycles. The number of ether oxygens (including phenoxy) is 2. The molecule has 1 heterocycles. The van der Waals surface area contributed by atoms with Crippen molar-refractivity contribution in [2.24, 2.45) is 0 Å². The minimum Gasteiger partial charge on any atom is -0.496 e. The zero-order chi connectivity index (χ0) is 19.2. The van der Waals surface area contributed by atoms with E-state index in [0.717, 1.165) is 22.0 Å². The molecule has 0 aliphatic carbocycles. The summed E-state index contributed by atoms with van der Waals surface area (Å²) >= 11 is 1.60. The molecule has 0 radical (unpaired) electrons. The van der Waals surface area contributed by atoms with Gasteiger partial charge in [-0.15, -0.1) is 11.3 Å². The van der Waals surface area contributed by atoms with Gasteiger partial charge < -0.3 is 14.8 Å². The van der Waals surface area contributed by atoms with E-state index in [4.69, 9.17) is 9.47 Å². The number of hydrogen-bond donors (Lipinski definition) is 1. The molecule has 6 heteroatoms. The minimum absolute atomic E-state index is 0.143. The summed E-state index contributed by atoms with van der Waals surface area (Å²) in [5, 5.41) is 6.00. The van der Waals surface area contributed by atoms with Crippen LogP contribution in [0.5, 0.6) is 11.5 Å². The number of thiazole rings is 1. The lowest BCUT2D eigenvalue weighted by molar-refractivity contribution is 0.0939. The first kappa shape index (κ1) is 18.9. The number of benzene rings is 2. The molecule has 27 heavy (non-hydrogen) atoms. The topological polar surface area (TPSA) is 60.5 Å². The van der Waals surface area contributed by atoms with Crippen molar-refractivity contribution in [2.45, 2.75) is 26.5 Å². The highest BCUT2D eigenvalue weighted by molar-refractivity contribution is 7.09. The number of para-hydroxylation sites is 1. The lowest BCUT2D eigenvalue weighted by Gasteiger charge is -2.17.